The lowest BCUT2D eigenvalue weighted by molar-refractivity contribution is -0.122. The van der Waals surface area contributed by atoms with E-state index in [-0.39, 0.29) is 23.8 Å². The lowest BCUT2D eigenvalue weighted by atomic mass is 10.2. The van der Waals surface area contributed by atoms with E-state index in [1.165, 1.54) is 48.9 Å². The molecular weight excluding hydrogens is 380 g/mol. The monoisotopic (exact) mass is 402 g/mol. The summed E-state index contributed by atoms with van der Waals surface area (Å²) in [6, 6.07) is 5.84. The first-order chi connectivity index (χ1) is 13.5. The number of hydrogen-bond donors (Lipinski definition) is 3. The fourth-order valence-corrected chi connectivity index (χ4v) is 3.93. The topological polar surface area (TPSA) is 120 Å². The minimum absolute atomic E-state index is 0.00717. The largest absolute Gasteiger partial charge is 0.478 e. The summed E-state index contributed by atoms with van der Waals surface area (Å²) in [7, 11) is 0. The van der Waals surface area contributed by atoms with Crippen LogP contribution in [-0.4, -0.2) is 39.0 Å². The fraction of sp³-hybridized carbons (Fsp3) is 0.421. The number of benzene rings is 1. The van der Waals surface area contributed by atoms with Gasteiger partial charge in [-0.25, -0.2) is 4.79 Å². The minimum Gasteiger partial charge on any atom is -0.478 e. The summed E-state index contributed by atoms with van der Waals surface area (Å²) in [5.41, 5.74) is 1.68. The highest BCUT2D eigenvalue weighted by Crippen LogP contribution is 2.23. The number of nitrogens with one attached hydrogen (secondary N) is 2. The summed E-state index contributed by atoms with van der Waals surface area (Å²) in [6.45, 7) is 0. The summed E-state index contributed by atoms with van der Waals surface area (Å²) < 4.78 is 0. The zero-order valence-corrected chi connectivity index (χ0v) is 16.1. The van der Waals surface area contributed by atoms with Crippen LogP contribution in [0.2, 0.25) is 0 Å². The molecule has 1 aromatic rings. The van der Waals surface area contributed by atoms with E-state index in [1.54, 1.807) is 0 Å². The Labute approximate surface area is 166 Å². The van der Waals surface area contributed by atoms with E-state index in [9.17, 15) is 14.4 Å². The molecule has 148 valence electrons. The maximum Gasteiger partial charge on any atom is 0.335 e. The molecular formula is C19H22N4O4S. The molecule has 0 aromatic heterocycles. The van der Waals surface area contributed by atoms with Crippen LogP contribution in [0.1, 0.15) is 55.3 Å². The molecule has 9 heteroatoms. The second-order valence-electron chi connectivity index (χ2n) is 6.72. The third-order valence-corrected chi connectivity index (χ3v) is 5.60. The third-order valence-electron chi connectivity index (χ3n) is 4.53. The van der Waals surface area contributed by atoms with Crippen molar-refractivity contribution in [3.05, 3.63) is 29.8 Å². The Morgan fingerprint density at radius 3 is 2.43 bits per heavy atom. The molecule has 3 rings (SSSR count). The molecule has 1 aliphatic carbocycles. The van der Waals surface area contributed by atoms with E-state index in [4.69, 9.17) is 5.11 Å². The lowest BCUT2D eigenvalue weighted by Crippen LogP contribution is -2.28. The van der Waals surface area contributed by atoms with Crippen molar-refractivity contribution in [2.24, 2.45) is 10.2 Å². The van der Waals surface area contributed by atoms with Crippen molar-refractivity contribution in [2.45, 2.75) is 50.2 Å². The van der Waals surface area contributed by atoms with Gasteiger partial charge >= 0.3 is 5.97 Å². The van der Waals surface area contributed by atoms with Crippen molar-refractivity contribution >= 4 is 46.1 Å². The van der Waals surface area contributed by atoms with Gasteiger partial charge in [-0.3, -0.25) is 9.59 Å². The SMILES string of the molecule is O=C(C[C@@H]1S/C(=N\N=C2CCCCCC2)NC1=O)Nc1ccc(C(=O)O)cc1. The molecule has 3 N–H and O–H groups in total. The average molecular weight is 402 g/mol. The van der Waals surface area contributed by atoms with Crippen molar-refractivity contribution in [1.29, 1.82) is 0 Å². The van der Waals surface area contributed by atoms with Crippen LogP contribution in [0.4, 0.5) is 5.69 Å². The minimum atomic E-state index is -1.03. The number of thioether (sulfide) groups is 1. The molecule has 1 aliphatic heterocycles. The number of carboxylic acids is 1. The first-order valence-electron chi connectivity index (χ1n) is 9.25. The van der Waals surface area contributed by atoms with E-state index in [0.717, 1.165) is 31.4 Å². The van der Waals surface area contributed by atoms with Gasteiger partial charge in [0.1, 0.15) is 5.25 Å². The van der Waals surface area contributed by atoms with Crippen molar-refractivity contribution in [3.8, 4) is 0 Å². The highest BCUT2D eigenvalue weighted by Gasteiger charge is 2.32. The van der Waals surface area contributed by atoms with Gasteiger partial charge in [-0.2, -0.15) is 5.10 Å². The summed E-state index contributed by atoms with van der Waals surface area (Å²) in [4.78, 5) is 35.1. The maximum atomic E-state index is 12.2. The van der Waals surface area contributed by atoms with E-state index < -0.39 is 11.2 Å². The Bertz CT molecular complexity index is 810. The van der Waals surface area contributed by atoms with Gasteiger partial charge in [0.05, 0.1) is 5.56 Å². The van der Waals surface area contributed by atoms with Gasteiger partial charge in [0.2, 0.25) is 11.8 Å². The molecule has 1 saturated carbocycles. The number of anilines is 1. The highest BCUT2D eigenvalue weighted by atomic mass is 32.2. The predicted molar refractivity (Wildman–Crippen MR) is 109 cm³/mol. The lowest BCUT2D eigenvalue weighted by Gasteiger charge is -2.07. The zero-order chi connectivity index (χ0) is 19.9. The maximum absolute atomic E-state index is 12.2. The Morgan fingerprint density at radius 1 is 1.11 bits per heavy atom. The van der Waals surface area contributed by atoms with Crippen LogP contribution in [0.5, 0.6) is 0 Å². The number of carbonyl (C=O) groups excluding carboxylic acids is 2. The van der Waals surface area contributed by atoms with Gasteiger partial charge in [-0.15, -0.1) is 5.10 Å². The van der Waals surface area contributed by atoms with Crippen LogP contribution in [0, 0.1) is 0 Å². The average Bonchev–Trinajstić information content (AvgIpc) is 2.86. The Morgan fingerprint density at radius 2 is 1.79 bits per heavy atom. The van der Waals surface area contributed by atoms with Crippen molar-refractivity contribution in [1.82, 2.24) is 5.32 Å². The van der Waals surface area contributed by atoms with Crippen molar-refractivity contribution in [2.75, 3.05) is 5.32 Å². The number of carbonyl (C=O) groups is 3. The highest BCUT2D eigenvalue weighted by molar-refractivity contribution is 8.15. The van der Waals surface area contributed by atoms with Crippen molar-refractivity contribution in [3.63, 3.8) is 0 Å². The summed E-state index contributed by atoms with van der Waals surface area (Å²) >= 11 is 1.20. The van der Waals surface area contributed by atoms with Crippen LogP contribution < -0.4 is 10.6 Å². The van der Waals surface area contributed by atoms with Gasteiger partial charge in [-0.05, 0) is 49.9 Å². The Kier molecular flexibility index (Phi) is 6.80. The first-order valence-corrected chi connectivity index (χ1v) is 10.1. The Balaban J connectivity index is 1.53. The van der Waals surface area contributed by atoms with Crippen LogP contribution >= 0.6 is 11.8 Å². The second kappa shape index (κ2) is 9.50. The predicted octanol–water partition coefficient (Wildman–Crippen LogP) is 3.01. The standard InChI is InChI=1S/C19H22N4O4S/c24-16(20-13-9-7-12(8-10-13)18(26)27)11-15-17(25)21-19(28-15)23-22-14-5-3-1-2-4-6-14/h7-10,15H,1-6,11H2,(H,20,24)(H,26,27)(H,21,23,25)/t15-/m0/s1. The molecule has 0 unspecified atom stereocenters. The number of amides is 2. The van der Waals surface area contributed by atoms with Gasteiger partial charge in [0.15, 0.2) is 5.17 Å². The molecule has 2 amide bonds. The molecule has 0 bridgehead atoms. The van der Waals surface area contributed by atoms with Gasteiger partial charge in [0.25, 0.3) is 0 Å². The molecule has 1 aromatic carbocycles. The third kappa shape index (κ3) is 5.66. The van der Waals surface area contributed by atoms with Gasteiger partial charge < -0.3 is 15.7 Å². The molecule has 8 nitrogen and oxygen atoms in total. The van der Waals surface area contributed by atoms with Crippen LogP contribution in [0.25, 0.3) is 0 Å². The number of rotatable bonds is 5. The van der Waals surface area contributed by atoms with Crippen LogP contribution in [-0.2, 0) is 9.59 Å². The molecule has 1 saturated heterocycles. The van der Waals surface area contributed by atoms with Crippen LogP contribution in [0.3, 0.4) is 0 Å². The van der Waals surface area contributed by atoms with E-state index in [1.807, 2.05) is 0 Å². The molecule has 2 aliphatic rings. The van der Waals surface area contributed by atoms with E-state index in [0.29, 0.717) is 10.9 Å². The van der Waals surface area contributed by atoms with Crippen LogP contribution in [0.15, 0.2) is 34.5 Å². The summed E-state index contributed by atoms with van der Waals surface area (Å²) in [5, 5.41) is 22.5. The molecule has 1 atom stereocenters. The molecule has 28 heavy (non-hydrogen) atoms. The molecule has 0 spiro atoms. The fourth-order valence-electron chi connectivity index (χ4n) is 3.02. The van der Waals surface area contributed by atoms with Gasteiger partial charge in [0, 0.05) is 17.8 Å². The Hall–Kier alpha value is -2.68. The smallest absolute Gasteiger partial charge is 0.335 e. The van der Waals surface area contributed by atoms with Gasteiger partial charge in [-0.1, -0.05) is 24.6 Å². The summed E-state index contributed by atoms with van der Waals surface area (Å²) in [6.07, 6.45) is 6.57. The molecule has 2 fully saturated rings. The number of aromatic carboxylic acids is 1. The van der Waals surface area contributed by atoms with Crippen molar-refractivity contribution < 1.29 is 19.5 Å². The first kappa shape index (κ1) is 20.1. The number of amidine groups is 1. The summed E-state index contributed by atoms with van der Waals surface area (Å²) in [5.74, 6) is -1.62. The number of hydrogen-bond acceptors (Lipinski definition) is 6. The number of carboxylic acid groups (broad SMARTS) is 1. The normalized spacial score (nSPS) is 21.1. The quantitative estimate of drug-likeness (QED) is 0.516. The second-order valence-corrected chi connectivity index (χ2v) is 7.91. The zero-order valence-electron chi connectivity index (χ0n) is 15.3. The van der Waals surface area contributed by atoms with E-state index in [2.05, 4.69) is 20.8 Å². The number of nitrogens with zero attached hydrogens (tertiary/aromatic N) is 2. The van der Waals surface area contributed by atoms with E-state index >= 15 is 0 Å². The molecule has 1 heterocycles. The molecule has 0 radical (unpaired) electrons.